The van der Waals surface area contributed by atoms with Crippen LogP contribution in [0, 0.1) is 12.8 Å². The summed E-state index contributed by atoms with van der Waals surface area (Å²) in [4.78, 5) is 37.4. The molecule has 7 nitrogen and oxygen atoms in total. The maximum atomic E-state index is 12.9. The van der Waals surface area contributed by atoms with Gasteiger partial charge in [0.2, 0.25) is 5.91 Å². The quantitative estimate of drug-likeness (QED) is 0.808. The van der Waals surface area contributed by atoms with E-state index in [-0.39, 0.29) is 23.9 Å². The first-order valence-corrected chi connectivity index (χ1v) is 8.50. The average Bonchev–Trinajstić information content (AvgIpc) is 3.17. The van der Waals surface area contributed by atoms with Crippen LogP contribution in [-0.4, -0.2) is 62.5 Å². The highest BCUT2D eigenvalue weighted by Gasteiger charge is 2.65. The van der Waals surface area contributed by atoms with Crippen molar-refractivity contribution >= 4 is 11.8 Å². The number of hydrogen-bond donors (Lipinski definition) is 0. The summed E-state index contributed by atoms with van der Waals surface area (Å²) >= 11 is 0. The number of likely N-dealkylation sites (tertiary alicyclic amines) is 1. The topological polar surface area (TPSA) is 75.6 Å². The lowest BCUT2D eigenvalue weighted by Crippen LogP contribution is -2.51. The van der Waals surface area contributed by atoms with Gasteiger partial charge in [-0.05, 0) is 12.8 Å². The van der Waals surface area contributed by atoms with Gasteiger partial charge in [0.25, 0.3) is 5.91 Å². The Morgan fingerprint density at radius 2 is 2.08 bits per heavy atom. The number of ether oxygens (including phenoxy) is 1. The molecule has 3 atom stereocenters. The van der Waals surface area contributed by atoms with Crippen LogP contribution in [0.5, 0.6) is 0 Å². The van der Waals surface area contributed by atoms with Gasteiger partial charge in [-0.2, -0.15) is 0 Å². The first-order valence-electron chi connectivity index (χ1n) is 8.50. The summed E-state index contributed by atoms with van der Waals surface area (Å²) in [5.74, 6) is 0.935. The van der Waals surface area contributed by atoms with Crippen LogP contribution in [-0.2, 0) is 9.53 Å². The second-order valence-electron chi connectivity index (χ2n) is 7.22. The SMILES string of the molecule is Cc1ncc(C(=O)N2CC[C@@]34OC[C@@H](C(C)C)N3C(=O)C[C@@H]24)cn1. The number of carbonyl (C=O) groups is 2. The Morgan fingerprint density at radius 1 is 1.38 bits per heavy atom. The maximum Gasteiger partial charge on any atom is 0.257 e. The molecule has 3 saturated heterocycles. The van der Waals surface area contributed by atoms with Crippen molar-refractivity contribution in [3.8, 4) is 0 Å². The highest BCUT2D eigenvalue weighted by molar-refractivity contribution is 5.95. The monoisotopic (exact) mass is 330 g/mol. The van der Waals surface area contributed by atoms with Crippen molar-refractivity contribution in [2.45, 2.75) is 51.4 Å². The number of amides is 2. The largest absolute Gasteiger partial charge is 0.351 e. The molecule has 7 heteroatoms. The number of rotatable bonds is 2. The summed E-state index contributed by atoms with van der Waals surface area (Å²) in [6.45, 7) is 7.14. The predicted molar refractivity (Wildman–Crippen MR) is 85.0 cm³/mol. The van der Waals surface area contributed by atoms with Gasteiger partial charge in [-0.1, -0.05) is 13.8 Å². The molecule has 4 rings (SSSR count). The van der Waals surface area contributed by atoms with Crippen LogP contribution >= 0.6 is 0 Å². The van der Waals surface area contributed by atoms with E-state index < -0.39 is 5.72 Å². The van der Waals surface area contributed by atoms with Gasteiger partial charge in [0.1, 0.15) is 5.82 Å². The van der Waals surface area contributed by atoms with E-state index in [1.165, 1.54) is 0 Å². The van der Waals surface area contributed by atoms with Crippen LogP contribution in [0.2, 0.25) is 0 Å². The first kappa shape index (κ1) is 15.5. The molecule has 128 valence electrons. The molecule has 0 radical (unpaired) electrons. The fourth-order valence-corrected chi connectivity index (χ4v) is 4.28. The zero-order chi connectivity index (χ0) is 17.1. The zero-order valence-electron chi connectivity index (χ0n) is 14.2. The molecule has 24 heavy (non-hydrogen) atoms. The van der Waals surface area contributed by atoms with Crippen LogP contribution < -0.4 is 0 Å². The van der Waals surface area contributed by atoms with Crippen molar-refractivity contribution < 1.29 is 14.3 Å². The van der Waals surface area contributed by atoms with Crippen LogP contribution in [0.3, 0.4) is 0 Å². The van der Waals surface area contributed by atoms with Gasteiger partial charge < -0.3 is 14.5 Å². The minimum absolute atomic E-state index is 0.0915. The standard InChI is InChI=1S/C17H22N4O3/c1-10(2)13-9-24-17-4-5-20(14(17)6-15(22)21(13)17)16(23)12-7-18-11(3)19-8-12/h7-8,10,13-14H,4-6,9H2,1-3H3/t13-,14+,17-/m0/s1. The molecule has 2 amide bonds. The minimum Gasteiger partial charge on any atom is -0.351 e. The first-order chi connectivity index (χ1) is 11.4. The van der Waals surface area contributed by atoms with Gasteiger partial charge >= 0.3 is 0 Å². The third-order valence-electron chi connectivity index (χ3n) is 5.55. The Bertz CT molecular complexity index is 690. The fourth-order valence-electron chi connectivity index (χ4n) is 4.28. The number of aryl methyl sites for hydroxylation is 1. The molecule has 3 aliphatic rings. The molecule has 0 aliphatic carbocycles. The molecule has 1 aromatic rings. The molecule has 3 aliphatic heterocycles. The molecule has 1 aromatic heterocycles. The smallest absolute Gasteiger partial charge is 0.257 e. The van der Waals surface area contributed by atoms with Gasteiger partial charge in [-0.15, -0.1) is 0 Å². The second-order valence-corrected chi connectivity index (χ2v) is 7.22. The molecule has 0 N–H and O–H groups in total. The third-order valence-corrected chi connectivity index (χ3v) is 5.55. The van der Waals surface area contributed by atoms with E-state index in [0.717, 1.165) is 0 Å². The number of nitrogens with zero attached hydrogens (tertiary/aromatic N) is 4. The number of aromatic nitrogens is 2. The van der Waals surface area contributed by atoms with Gasteiger partial charge in [0.15, 0.2) is 5.72 Å². The average molecular weight is 330 g/mol. The molecule has 0 aromatic carbocycles. The molecule has 0 bridgehead atoms. The summed E-state index contributed by atoms with van der Waals surface area (Å²) < 4.78 is 6.15. The van der Waals surface area contributed by atoms with E-state index in [1.54, 1.807) is 24.2 Å². The van der Waals surface area contributed by atoms with E-state index >= 15 is 0 Å². The van der Waals surface area contributed by atoms with Crippen molar-refractivity contribution in [3.63, 3.8) is 0 Å². The third kappa shape index (κ3) is 2.00. The Morgan fingerprint density at radius 3 is 2.75 bits per heavy atom. The van der Waals surface area contributed by atoms with Crippen LogP contribution in [0.25, 0.3) is 0 Å². The molecular formula is C17H22N4O3. The lowest BCUT2D eigenvalue weighted by atomic mass is 10.0. The highest BCUT2D eigenvalue weighted by Crippen LogP contribution is 2.49. The summed E-state index contributed by atoms with van der Waals surface area (Å²) in [6.07, 6.45) is 4.11. The van der Waals surface area contributed by atoms with Gasteiger partial charge in [0, 0.05) is 25.4 Å². The lowest BCUT2D eigenvalue weighted by Gasteiger charge is -2.34. The number of carbonyl (C=O) groups excluding carboxylic acids is 2. The van der Waals surface area contributed by atoms with E-state index in [0.29, 0.717) is 43.3 Å². The minimum atomic E-state index is -0.632. The summed E-state index contributed by atoms with van der Waals surface area (Å²) in [5, 5.41) is 0. The van der Waals surface area contributed by atoms with Crippen molar-refractivity contribution in [3.05, 3.63) is 23.8 Å². The Kier molecular flexibility index (Phi) is 3.38. The zero-order valence-corrected chi connectivity index (χ0v) is 14.2. The second kappa shape index (κ2) is 5.24. The molecule has 1 spiro atoms. The maximum absolute atomic E-state index is 12.9. The molecule has 3 fully saturated rings. The van der Waals surface area contributed by atoms with Crippen LogP contribution in [0.15, 0.2) is 12.4 Å². The van der Waals surface area contributed by atoms with Gasteiger partial charge in [0.05, 0.1) is 30.7 Å². The van der Waals surface area contributed by atoms with Crippen molar-refractivity contribution in [1.29, 1.82) is 0 Å². The van der Waals surface area contributed by atoms with Crippen molar-refractivity contribution in [2.75, 3.05) is 13.2 Å². The normalized spacial score (nSPS) is 31.8. The summed E-state index contributed by atoms with van der Waals surface area (Å²) in [6, 6.07) is -0.122. The number of hydrogen-bond acceptors (Lipinski definition) is 5. The highest BCUT2D eigenvalue weighted by atomic mass is 16.5. The van der Waals surface area contributed by atoms with Crippen molar-refractivity contribution in [1.82, 2.24) is 19.8 Å². The Balaban J connectivity index is 1.63. The van der Waals surface area contributed by atoms with Gasteiger partial charge in [-0.3, -0.25) is 9.59 Å². The molecular weight excluding hydrogens is 308 g/mol. The fraction of sp³-hybridized carbons (Fsp3) is 0.647. The van der Waals surface area contributed by atoms with E-state index in [4.69, 9.17) is 4.74 Å². The Labute approximate surface area is 141 Å². The summed E-state index contributed by atoms with van der Waals surface area (Å²) in [7, 11) is 0. The van der Waals surface area contributed by atoms with Gasteiger partial charge in [-0.25, -0.2) is 9.97 Å². The lowest BCUT2D eigenvalue weighted by molar-refractivity contribution is -0.139. The van der Waals surface area contributed by atoms with E-state index in [9.17, 15) is 9.59 Å². The molecule has 0 unspecified atom stereocenters. The van der Waals surface area contributed by atoms with Crippen molar-refractivity contribution in [2.24, 2.45) is 5.92 Å². The van der Waals surface area contributed by atoms with Crippen LogP contribution in [0.4, 0.5) is 0 Å². The van der Waals surface area contributed by atoms with E-state index in [2.05, 4.69) is 23.8 Å². The van der Waals surface area contributed by atoms with Crippen LogP contribution in [0.1, 0.15) is 42.9 Å². The predicted octanol–water partition coefficient (Wildman–Crippen LogP) is 0.983. The summed E-state index contributed by atoms with van der Waals surface area (Å²) in [5.41, 5.74) is -0.172. The Hall–Kier alpha value is -2.02. The molecule has 0 saturated carbocycles. The van der Waals surface area contributed by atoms with E-state index in [1.807, 2.05) is 4.90 Å². The molecule has 4 heterocycles.